The number of carbonyl (C=O) groups excluding carboxylic acids is 2. The highest BCUT2D eigenvalue weighted by Gasteiger charge is 2.42. The Morgan fingerprint density at radius 2 is 1.66 bits per heavy atom. The fraction of sp³-hybridized carbons (Fsp3) is 0.214. The third-order valence-electron chi connectivity index (χ3n) is 7.44. The van der Waals surface area contributed by atoms with Crippen molar-refractivity contribution in [3.63, 3.8) is 0 Å². The molecule has 2 aliphatic heterocycles. The molecule has 4 aromatic rings. The van der Waals surface area contributed by atoms with Gasteiger partial charge in [-0.15, -0.1) is 0 Å². The minimum Gasteiger partial charge on any atom is -0.384 e. The number of aromatic nitrogens is 1. The number of rotatable bonds is 2. The molecular formula is C28H23ClFN3O2. The van der Waals surface area contributed by atoms with E-state index in [1.807, 2.05) is 11.0 Å². The van der Waals surface area contributed by atoms with Gasteiger partial charge in [-0.3, -0.25) is 14.2 Å². The maximum atomic E-state index is 14.4. The summed E-state index contributed by atoms with van der Waals surface area (Å²) in [6.45, 7) is 2.12. The van der Waals surface area contributed by atoms with Crippen LogP contribution in [0.1, 0.15) is 39.1 Å². The van der Waals surface area contributed by atoms with Crippen molar-refractivity contribution in [3.05, 3.63) is 100 Å². The highest BCUT2D eigenvalue weighted by Crippen LogP contribution is 2.44. The molecule has 0 radical (unpaired) electrons. The minimum absolute atomic E-state index is 0.0374. The number of para-hydroxylation sites is 1. The average molecular weight is 488 g/mol. The molecule has 1 fully saturated rings. The summed E-state index contributed by atoms with van der Waals surface area (Å²) in [5.41, 5.74) is 3.39. The number of hydrogen-bond donors (Lipinski definition) is 1. The zero-order valence-corrected chi connectivity index (χ0v) is 19.7. The van der Waals surface area contributed by atoms with E-state index in [1.54, 1.807) is 24.3 Å². The lowest BCUT2D eigenvalue weighted by Crippen LogP contribution is -2.46. The first-order chi connectivity index (χ1) is 17.0. The number of piperidine rings is 1. The van der Waals surface area contributed by atoms with Crippen LogP contribution in [0.3, 0.4) is 0 Å². The van der Waals surface area contributed by atoms with Crippen molar-refractivity contribution in [1.29, 1.82) is 0 Å². The highest BCUT2D eigenvalue weighted by atomic mass is 35.5. The van der Waals surface area contributed by atoms with E-state index in [1.165, 1.54) is 40.2 Å². The molecule has 0 bridgehead atoms. The molecule has 1 amide bonds. The molecule has 2 aliphatic rings. The molecule has 0 saturated carbocycles. The second-order valence-corrected chi connectivity index (χ2v) is 9.77. The molecule has 3 aromatic carbocycles. The predicted octanol–water partition coefficient (Wildman–Crippen LogP) is 5.72. The SMILES string of the molecule is O=C(c1cn(C(=O)c2ccccc2F)c2cc(Cl)ccc12)N1CCC2(CC1)CNc1ccccc12. The van der Waals surface area contributed by atoms with Gasteiger partial charge in [-0.05, 0) is 48.7 Å². The van der Waals surface area contributed by atoms with Crippen LogP contribution in [0.2, 0.25) is 5.02 Å². The molecule has 0 unspecified atom stereocenters. The number of nitrogens with zero attached hydrogens (tertiary/aromatic N) is 2. The maximum Gasteiger partial charge on any atom is 0.265 e. The molecule has 1 spiro atoms. The Hall–Kier alpha value is -3.64. The van der Waals surface area contributed by atoms with E-state index in [9.17, 15) is 14.0 Å². The number of benzene rings is 3. The first-order valence-corrected chi connectivity index (χ1v) is 12.1. The number of fused-ring (bicyclic) bond motifs is 3. The van der Waals surface area contributed by atoms with Crippen LogP contribution in [0.4, 0.5) is 10.1 Å². The van der Waals surface area contributed by atoms with Crippen LogP contribution in [0.25, 0.3) is 10.9 Å². The van der Waals surface area contributed by atoms with Gasteiger partial charge in [0, 0.05) is 47.3 Å². The Balaban J connectivity index is 1.32. The van der Waals surface area contributed by atoms with Crippen LogP contribution in [0, 0.1) is 5.82 Å². The molecule has 0 atom stereocenters. The lowest BCUT2D eigenvalue weighted by molar-refractivity contribution is 0.0678. The van der Waals surface area contributed by atoms with Gasteiger partial charge in [0.2, 0.25) is 0 Å². The second kappa shape index (κ2) is 8.24. The number of nitrogens with one attached hydrogen (secondary N) is 1. The summed E-state index contributed by atoms with van der Waals surface area (Å²) in [5.74, 6) is -1.28. The van der Waals surface area contributed by atoms with Crippen LogP contribution in [-0.2, 0) is 5.41 Å². The van der Waals surface area contributed by atoms with Gasteiger partial charge >= 0.3 is 0 Å². The number of carbonyl (C=O) groups is 2. The Morgan fingerprint density at radius 3 is 2.46 bits per heavy atom. The lowest BCUT2D eigenvalue weighted by Gasteiger charge is -2.39. The smallest absolute Gasteiger partial charge is 0.265 e. The van der Waals surface area contributed by atoms with E-state index < -0.39 is 11.7 Å². The maximum absolute atomic E-state index is 14.4. The lowest BCUT2D eigenvalue weighted by atomic mass is 9.74. The molecular weight excluding hydrogens is 465 g/mol. The van der Waals surface area contributed by atoms with Crippen LogP contribution in [0.15, 0.2) is 72.9 Å². The number of hydrogen-bond acceptors (Lipinski definition) is 3. The molecule has 1 saturated heterocycles. The highest BCUT2D eigenvalue weighted by molar-refractivity contribution is 6.31. The van der Waals surface area contributed by atoms with E-state index in [0.717, 1.165) is 19.4 Å². The van der Waals surface area contributed by atoms with Crippen molar-refractivity contribution in [2.45, 2.75) is 18.3 Å². The summed E-state index contributed by atoms with van der Waals surface area (Å²) in [6, 6.07) is 19.3. The quantitative estimate of drug-likeness (QED) is 0.393. The van der Waals surface area contributed by atoms with Crippen molar-refractivity contribution < 1.29 is 14.0 Å². The molecule has 176 valence electrons. The fourth-order valence-corrected chi connectivity index (χ4v) is 5.68. The van der Waals surface area contributed by atoms with E-state index in [4.69, 9.17) is 11.6 Å². The van der Waals surface area contributed by atoms with Gasteiger partial charge in [-0.25, -0.2) is 4.39 Å². The summed E-state index contributed by atoms with van der Waals surface area (Å²) in [7, 11) is 0. The number of anilines is 1. The number of amides is 1. The Labute approximate surface area is 207 Å². The molecule has 0 aliphatic carbocycles. The number of likely N-dealkylation sites (tertiary alicyclic amines) is 1. The van der Waals surface area contributed by atoms with Crippen molar-refractivity contribution >= 4 is 40.0 Å². The first-order valence-electron chi connectivity index (χ1n) is 11.7. The topological polar surface area (TPSA) is 54.3 Å². The minimum atomic E-state index is -0.610. The van der Waals surface area contributed by atoms with E-state index in [-0.39, 0.29) is 16.9 Å². The van der Waals surface area contributed by atoms with E-state index in [0.29, 0.717) is 34.6 Å². The van der Waals surface area contributed by atoms with Crippen LogP contribution < -0.4 is 5.32 Å². The van der Waals surface area contributed by atoms with Crippen molar-refractivity contribution in [2.75, 3.05) is 25.0 Å². The predicted molar refractivity (Wildman–Crippen MR) is 135 cm³/mol. The zero-order valence-electron chi connectivity index (χ0n) is 18.9. The third-order valence-corrected chi connectivity index (χ3v) is 7.68. The van der Waals surface area contributed by atoms with Crippen molar-refractivity contribution in [3.8, 4) is 0 Å². The summed E-state index contributed by atoms with van der Waals surface area (Å²) in [6.07, 6.45) is 3.25. The van der Waals surface area contributed by atoms with Gasteiger partial charge in [0.15, 0.2) is 0 Å². The molecule has 3 heterocycles. The van der Waals surface area contributed by atoms with Gasteiger partial charge in [-0.1, -0.05) is 48.0 Å². The fourth-order valence-electron chi connectivity index (χ4n) is 5.52. The molecule has 6 rings (SSSR count). The average Bonchev–Trinajstić information content (AvgIpc) is 3.43. The molecule has 1 N–H and O–H groups in total. The molecule has 5 nitrogen and oxygen atoms in total. The standard InChI is InChI=1S/C28H23ClFN3O2/c29-18-9-10-19-21(16-33(25(19)15-18)27(35)20-5-1-3-7-23(20)30)26(34)32-13-11-28(12-14-32)17-31-24-8-4-2-6-22(24)28/h1-10,15-16,31H,11-14,17H2. The zero-order chi connectivity index (χ0) is 24.2. The van der Waals surface area contributed by atoms with Crippen LogP contribution in [-0.4, -0.2) is 40.9 Å². The van der Waals surface area contributed by atoms with Crippen LogP contribution >= 0.6 is 11.6 Å². The normalized spacial score (nSPS) is 16.3. The third kappa shape index (κ3) is 3.51. The van der Waals surface area contributed by atoms with E-state index >= 15 is 0 Å². The van der Waals surface area contributed by atoms with Gasteiger partial charge in [0.25, 0.3) is 11.8 Å². The molecule has 1 aromatic heterocycles. The Bertz CT molecular complexity index is 1490. The van der Waals surface area contributed by atoms with Crippen molar-refractivity contribution in [2.24, 2.45) is 0 Å². The largest absolute Gasteiger partial charge is 0.384 e. The van der Waals surface area contributed by atoms with Gasteiger partial charge in [0.1, 0.15) is 5.82 Å². The molecule has 35 heavy (non-hydrogen) atoms. The summed E-state index contributed by atoms with van der Waals surface area (Å²) in [5, 5.41) is 4.57. The second-order valence-electron chi connectivity index (χ2n) is 9.33. The first kappa shape index (κ1) is 21.9. The summed E-state index contributed by atoms with van der Waals surface area (Å²) >= 11 is 6.22. The van der Waals surface area contributed by atoms with Crippen LogP contribution in [0.5, 0.6) is 0 Å². The van der Waals surface area contributed by atoms with Crippen molar-refractivity contribution in [1.82, 2.24) is 9.47 Å². The van der Waals surface area contributed by atoms with Gasteiger partial charge in [0.05, 0.1) is 16.6 Å². The Kier molecular flexibility index (Phi) is 5.15. The van der Waals surface area contributed by atoms with Gasteiger partial charge in [-0.2, -0.15) is 0 Å². The van der Waals surface area contributed by atoms with E-state index in [2.05, 4.69) is 23.5 Å². The summed E-state index contributed by atoms with van der Waals surface area (Å²) in [4.78, 5) is 28.8. The summed E-state index contributed by atoms with van der Waals surface area (Å²) < 4.78 is 15.7. The number of halogens is 2. The molecule has 7 heteroatoms. The Morgan fingerprint density at radius 1 is 0.914 bits per heavy atom. The monoisotopic (exact) mass is 487 g/mol. The van der Waals surface area contributed by atoms with Gasteiger partial charge < -0.3 is 10.2 Å².